The van der Waals surface area contributed by atoms with Crippen LogP contribution in [-0.2, 0) is 4.79 Å². The zero-order chi connectivity index (χ0) is 26.2. The van der Waals surface area contributed by atoms with Crippen LogP contribution >= 0.6 is 0 Å². The van der Waals surface area contributed by atoms with Gasteiger partial charge in [-0.15, -0.1) is 0 Å². The van der Waals surface area contributed by atoms with Crippen molar-refractivity contribution in [3.63, 3.8) is 0 Å². The number of rotatable bonds is 26. The molecule has 3 nitrogen and oxygen atoms in total. The summed E-state index contributed by atoms with van der Waals surface area (Å²) >= 11 is 0. The van der Waals surface area contributed by atoms with Crippen molar-refractivity contribution in [1.82, 2.24) is 0 Å². The summed E-state index contributed by atoms with van der Waals surface area (Å²) in [7, 11) is 2.05. The molecule has 1 heterocycles. The number of carbonyl (C=O) groups is 1. The predicted octanol–water partition coefficient (Wildman–Crippen LogP) is 11.0. The largest absolute Gasteiger partial charge is 0.324 e. The van der Waals surface area contributed by atoms with Crippen LogP contribution in [0, 0.1) is 0 Å². The zero-order valence-corrected chi connectivity index (χ0v) is 24.8. The van der Waals surface area contributed by atoms with Gasteiger partial charge in [0.05, 0.1) is 19.7 Å². The third-order valence-corrected chi connectivity index (χ3v) is 8.14. The van der Waals surface area contributed by atoms with Gasteiger partial charge in [0.2, 0.25) is 5.84 Å². The molecule has 0 fully saturated rings. The first-order chi connectivity index (χ1) is 17.6. The van der Waals surface area contributed by atoms with Gasteiger partial charge in [0.15, 0.2) is 0 Å². The summed E-state index contributed by atoms with van der Waals surface area (Å²) in [4.78, 5) is 17.6. The monoisotopic (exact) mass is 503 g/mol. The Labute approximate surface area is 226 Å². The fourth-order valence-electron chi connectivity index (χ4n) is 5.46. The van der Waals surface area contributed by atoms with Crippen LogP contribution in [0.15, 0.2) is 17.4 Å². The smallest absolute Gasteiger partial charge is 0.230 e. The second-order valence-electron chi connectivity index (χ2n) is 11.6. The highest BCUT2D eigenvalue weighted by molar-refractivity contribution is 5.90. The molecule has 0 radical (unpaired) electrons. The first kappa shape index (κ1) is 33.1. The molecule has 210 valence electrons. The molecule has 1 aliphatic heterocycles. The van der Waals surface area contributed by atoms with Crippen molar-refractivity contribution in [2.24, 2.45) is 4.99 Å². The number of quaternary nitrogens is 1. The average molecular weight is 504 g/mol. The molecule has 0 saturated heterocycles. The SMILES string of the molecule is CCCCCCCCCCCCCCCCCC1=NC=C[N+]1(C)C(=O)CCCCCCCCCCC. The number of amides is 1. The van der Waals surface area contributed by atoms with Crippen LogP contribution in [0.3, 0.4) is 0 Å². The van der Waals surface area contributed by atoms with E-state index in [9.17, 15) is 4.79 Å². The summed E-state index contributed by atoms with van der Waals surface area (Å²) in [5.74, 6) is 1.39. The van der Waals surface area contributed by atoms with Crippen LogP contribution in [0.2, 0.25) is 0 Å². The third-order valence-electron chi connectivity index (χ3n) is 8.14. The lowest BCUT2D eigenvalue weighted by molar-refractivity contribution is -0.683. The van der Waals surface area contributed by atoms with Gasteiger partial charge in [-0.1, -0.05) is 155 Å². The fraction of sp³-hybridized carbons (Fsp3) is 0.879. The Bertz CT molecular complexity index is 582. The maximum atomic E-state index is 13.0. The van der Waals surface area contributed by atoms with Gasteiger partial charge >= 0.3 is 5.91 Å². The van der Waals surface area contributed by atoms with Crippen LogP contribution in [0.25, 0.3) is 0 Å². The number of hydrogen-bond acceptors (Lipinski definition) is 2. The van der Waals surface area contributed by atoms with Gasteiger partial charge in [-0.3, -0.25) is 0 Å². The van der Waals surface area contributed by atoms with Gasteiger partial charge in [-0.25, -0.2) is 9.79 Å². The number of hydrogen-bond donors (Lipinski definition) is 0. The van der Waals surface area contributed by atoms with Crippen molar-refractivity contribution in [1.29, 1.82) is 0 Å². The Kier molecular flexibility index (Phi) is 21.3. The van der Waals surface area contributed by atoms with E-state index < -0.39 is 0 Å². The summed E-state index contributed by atoms with van der Waals surface area (Å²) in [6.45, 7) is 4.56. The van der Waals surface area contributed by atoms with E-state index in [4.69, 9.17) is 0 Å². The lowest BCUT2D eigenvalue weighted by Crippen LogP contribution is -2.47. The highest BCUT2D eigenvalue weighted by atomic mass is 16.2. The minimum Gasteiger partial charge on any atom is -0.230 e. The molecule has 0 spiro atoms. The molecular formula is C33H63N2O+. The first-order valence-corrected chi connectivity index (χ1v) is 16.3. The highest BCUT2D eigenvalue weighted by Gasteiger charge is 2.37. The quantitative estimate of drug-likeness (QED) is 0.0852. The molecule has 1 unspecified atom stereocenters. The Morgan fingerprint density at radius 2 is 0.944 bits per heavy atom. The Morgan fingerprint density at radius 3 is 1.36 bits per heavy atom. The zero-order valence-electron chi connectivity index (χ0n) is 24.8. The lowest BCUT2D eigenvalue weighted by Gasteiger charge is -2.25. The first-order valence-electron chi connectivity index (χ1n) is 16.3. The average Bonchev–Trinajstić information content (AvgIpc) is 3.26. The van der Waals surface area contributed by atoms with E-state index in [1.807, 2.05) is 19.4 Å². The van der Waals surface area contributed by atoms with E-state index in [1.165, 1.54) is 141 Å². The molecule has 36 heavy (non-hydrogen) atoms. The van der Waals surface area contributed by atoms with Crippen LogP contribution in [0.5, 0.6) is 0 Å². The summed E-state index contributed by atoms with van der Waals surface area (Å²) < 4.78 is 0.329. The molecule has 0 aliphatic carbocycles. The summed E-state index contributed by atoms with van der Waals surface area (Å²) in [6, 6.07) is 0. The van der Waals surface area contributed by atoms with Crippen LogP contribution in [0.1, 0.15) is 181 Å². The second kappa shape index (κ2) is 23.2. The van der Waals surface area contributed by atoms with Crippen LogP contribution < -0.4 is 0 Å². The van der Waals surface area contributed by atoms with Gasteiger partial charge in [-0.2, -0.15) is 4.48 Å². The van der Waals surface area contributed by atoms with Crippen molar-refractivity contribution in [2.45, 2.75) is 181 Å². The molecule has 0 aromatic rings. The summed E-state index contributed by atoms with van der Waals surface area (Å²) in [5.41, 5.74) is 0. The van der Waals surface area contributed by atoms with Crippen molar-refractivity contribution in [2.75, 3.05) is 7.05 Å². The molecule has 1 rings (SSSR count). The van der Waals surface area contributed by atoms with E-state index in [-0.39, 0.29) is 0 Å². The summed E-state index contributed by atoms with van der Waals surface area (Å²) in [5, 5.41) is 0. The number of carbonyl (C=O) groups excluding carboxylic acids is 1. The molecular weight excluding hydrogens is 440 g/mol. The van der Waals surface area contributed by atoms with E-state index in [0.717, 1.165) is 25.1 Å². The minimum atomic E-state index is 0.325. The summed E-state index contributed by atoms with van der Waals surface area (Å²) in [6.07, 6.45) is 37.9. The Hall–Kier alpha value is -0.960. The van der Waals surface area contributed by atoms with Gasteiger partial charge < -0.3 is 0 Å². The van der Waals surface area contributed by atoms with E-state index in [1.54, 1.807) is 0 Å². The van der Waals surface area contributed by atoms with Gasteiger partial charge in [-0.05, 0) is 12.8 Å². The number of nitrogens with zero attached hydrogens (tertiary/aromatic N) is 2. The minimum absolute atomic E-state index is 0.325. The van der Waals surface area contributed by atoms with E-state index in [0.29, 0.717) is 16.8 Å². The normalized spacial score (nSPS) is 17.1. The molecule has 1 aliphatic rings. The van der Waals surface area contributed by atoms with Gasteiger partial charge in [0, 0.05) is 6.42 Å². The van der Waals surface area contributed by atoms with Gasteiger partial charge in [0.25, 0.3) is 0 Å². The van der Waals surface area contributed by atoms with Crippen LogP contribution in [-0.4, -0.2) is 23.3 Å². The maximum absolute atomic E-state index is 13.0. The predicted molar refractivity (Wildman–Crippen MR) is 159 cm³/mol. The highest BCUT2D eigenvalue weighted by Crippen LogP contribution is 2.22. The van der Waals surface area contributed by atoms with Gasteiger partial charge in [0.1, 0.15) is 6.20 Å². The number of amidine groups is 1. The topological polar surface area (TPSA) is 29.4 Å². The third kappa shape index (κ3) is 16.0. The van der Waals surface area contributed by atoms with Crippen molar-refractivity contribution < 1.29 is 9.28 Å². The molecule has 0 N–H and O–H groups in total. The fourth-order valence-corrected chi connectivity index (χ4v) is 5.46. The maximum Gasteiger partial charge on any atom is 0.324 e. The molecule has 3 heteroatoms. The molecule has 0 aromatic heterocycles. The Balaban J connectivity index is 1.99. The standard InChI is InChI=1S/C33H63N2O/c1-4-6-8-10-12-14-15-16-17-18-19-21-22-24-26-28-32-34-30-31-35(32,3)33(36)29-27-25-23-20-13-11-9-7-5-2/h30-31H,4-29H2,1-3H3/q+1. The molecule has 1 amide bonds. The molecule has 0 aromatic carbocycles. The van der Waals surface area contributed by atoms with E-state index >= 15 is 0 Å². The lowest BCUT2D eigenvalue weighted by atomic mass is 10.0. The second-order valence-corrected chi connectivity index (χ2v) is 11.6. The van der Waals surface area contributed by atoms with Crippen molar-refractivity contribution >= 4 is 11.7 Å². The van der Waals surface area contributed by atoms with E-state index in [2.05, 4.69) is 18.8 Å². The van der Waals surface area contributed by atoms with Crippen molar-refractivity contribution in [3.8, 4) is 0 Å². The molecule has 1 atom stereocenters. The molecule has 0 bridgehead atoms. The van der Waals surface area contributed by atoms with Crippen molar-refractivity contribution in [3.05, 3.63) is 12.4 Å². The van der Waals surface area contributed by atoms with Crippen LogP contribution in [0.4, 0.5) is 0 Å². The Morgan fingerprint density at radius 1 is 0.583 bits per heavy atom. The number of aliphatic imine (C=N–C) groups is 1. The molecule has 0 saturated carbocycles. The number of unbranched alkanes of at least 4 members (excludes halogenated alkanes) is 22.